The van der Waals surface area contributed by atoms with Crippen molar-refractivity contribution in [2.45, 2.75) is 52.7 Å². The Morgan fingerprint density at radius 1 is 1.07 bits per heavy atom. The third-order valence-corrected chi connectivity index (χ3v) is 8.12. The average Bonchev–Trinajstić information content (AvgIpc) is 2.91. The Bertz CT molecular complexity index is 1650. The lowest BCUT2D eigenvalue weighted by Crippen LogP contribution is -2.55. The molecule has 41 heavy (non-hydrogen) atoms. The van der Waals surface area contributed by atoms with Gasteiger partial charge in [-0.2, -0.15) is 4.98 Å². The van der Waals surface area contributed by atoms with Crippen molar-refractivity contribution in [1.29, 1.82) is 0 Å². The number of fused-ring (bicyclic) bond motifs is 1. The number of nitrogens with one attached hydrogen (secondary N) is 2. The first-order valence-corrected chi connectivity index (χ1v) is 14.0. The van der Waals surface area contributed by atoms with E-state index in [1.165, 1.54) is 4.57 Å². The summed E-state index contributed by atoms with van der Waals surface area (Å²) in [6.07, 6.45) is 3.60. The molecule has 1 saturated heterocycles. The number of nitrogens with two attached hydrogens (primary N) is 1. The fraction of sp³-hybridized carbons (Fsp3) is 0.393. The van der Waals surface area contributed by atoms with E-state index in [4.69, 9.17) is 28.9 Å². The molecule has 0 amide bonds. The summed E-state index contributed by atoms with van der Waals surface area (Å²) in [4.78, 5) is 24.7. The minimum Gasteiger partial charge on any atom is -0.397 e. The number of piperazine rings is 1. The first kappa shape index (κ1) is 29.2. The number of allylic oxidation sites excluding steroid dienone is 2. The number of aromatic nitrogens is 3. The van der Waals surface area contributed by atoms with Gasteiger partial charge >= 0.3 is 5.69 Å². The number of nitrogens with zero attached hydrogens (tertiary/aromatic N) is 4. The normalized spacial score (nSPS) is 21.2. The Morgan fingerprint density at radius 2 is 1.73 bits per heavy atom. The van der Waals surface area contributed by atoms with Gasteiger partial charge in [-0.15, -0.1) is 0 Å². The molecule has 4 heterocycles. The molecule has 3 aromatic rings. The number of rotatable bonds is 4. The molecule has 0 bridgehead atoms. The third-order valence-electron chi connectivity index (χ3n) is 7.41. The number of nitrogen functional groups attached to an aromatic ring is 1. The van der Waals surface area contributed by atoms with E-state index in [1.807, 2.05) is 45.6 Å². The molecule has 0 radical (unpaired) electrons. The molecule has 0 aliphatic carbocycles. The molecule has 2 aliphatic heterocycles. The topological polar surface area (TPSA) is 101 Å². The molecule has 8 nitrogen and oxygen atoms in total. The lowest BCUT2D eigenvalue weighted by atomic mass is 9.95. The van der Waals surface area contributed by atoms with Gasteiger partial charge in [-0.1, -0.05) is 37.0 Å². The van der Waals surface area contributed by atoms with Crippen molar-refractivity contribution in [3.8, 4) is 11.3 Å². The highest BCUT2D eigenvalue weighted by Gasteiger charge is 2.32. The largest absolute Gasteiger partial charge is 0.397 e. The van der Waals surface area contributed by atoms with Crippen molar-refractivity contribution >= 4 is 51.4 Å². The zero-order valence-electron chi connectivity index (χ0n) is 23.1. The Kier molecular flexibility index (Phi) is 7.73. The molecule has 2 aliphatic rings. The Morgan fingerprint density at radius 3 is 2.37 bits per heavy atom. The average molecular weight is 608 g/mol. The predicted octanol–water partition coefficient (Wildman–Crippen LogP) is 5.32. The van der Waals surface area contributed by atoms with Gasteiger partial charge in [-0.3, -0.25) is 0 Å². The van der Waals surface area contributed by atoms with Crippen molar-refractivity contribution in [3.63, 3.8) is 0 Å². The summed E-state index contributed by atoms with van der Waals surface area (Å²) >= 11 is 11.8. The second kappa shape index (κ2) is 10.8. The van der Waals surface area contributed by atoms with Crippen molar-refractivity contribution in [3.05, 3.63) is 61.9 Å². The summed E-state index contributed by atoms with van der Waals surface area (Å²) < 4.78 is 47.0. The van der Waals surface area contributed by atoms with Crippen LogP contribution < -0.4 is 27.0 Å². The fourth-order valence-corrected chi connectivity index (χ4v) is 6.06. The number of hydrogen-bond acceptors (Lipinski definition) is 7. The maximum absolute atomic E-state index is 15.9. The van der Waals surface area contributed by atoms with Gasteiger partial charge in [0.2, 0.25) is 0 Å². The molecule has 4 N–H and O–H groups in total. The number of hydrogen-bond donors (Lipinski definition) is 3. The molecule has 0 spiro atoms. The minimum absolute atomic E-state index is 0.0303. The van der Waals surface area contributed by atoms with E-state index in [9.17, 15) is 9.18 Å². The van der Waals surface area contributed by atoms with Crippen LogP contribution in [0.15, 0.2) is 28.7 Å². The predicted molar refractivity (Wildman–Crippen MR) is 158 cm³/mol. The summed E-state index contributed by atoms with van der Waals surface area (Å²) in [7, 11) is 0. The summed E-state index contributed by atoms with van der Waals surface area (Å²) in [5.41, 5.74) is 4.94. The minimum atomic E-state index is -1.32. The van der Waals surface area contributed by atoms with Gasteiger partial charge in [0.05, 0.1) is 28.4 Å². The van der Waals surface area contributed by atoms with Crippen LogP contribution >= 0.6 is 23.2 Å². The van der Waals surface area contributed by atoms with Crippen LogP contribution in [0.4, 0.5) is 24.7 Å². The van der Waals surface area contributed by atoms with Crippen LogP contribution in [-0.4, -0.2) is 45.8 Å². The van der Waals surface area contributed by atoms with Crippen molar-refractivity contribution in [1.82, 2.24) is 25.2 Å². The standard InChI is InChI=1S/C28H30Cl2F3N7O/c1-11(2)23-25(12(3)6-7-35-23)40-27-15(26(38-28(40)41)39-9-13(4)36-14(5)10-39)8-16(31)24(37-27)17-20(32)18(29)21(33)19(30)22(17)34/h6-8,11,13-14,23,35-36H,9-10,34H2,1-5H3/t13-,14+,23-/m1/s1. The maximum Gasteiger partial charge on any atom is 0.355 e. The summed E-state index contributed by atoms with van der Waals surface area (Å²) in [6.45, 7) is 10.8. The summed E-state index contributed by atoms with van der Waals surface area (Å²) in [6, 6.07) is 0.953. The third kappa shape index (κ3) is 4.93. The van der Waals surface area contributed by atoms with Crippen LogP contribution in [-0.2, 0) is 0 Å². The van der Waals surface area contributed by atoms with E-state index in [0.717, 1.165) is 11.6 Å². The number of anilines is 2. The van der Waals surface area contributed by atoms with Crippen LogP contribution in [0.3, 0.4) is 0 Å². The summed E-state index contributed by atoms with van der Waals surface area (Å²) in [5, 5.41) is 5.32. The number of benzene rings is 1. The highest BCUT2D eigenvalue weighted by molar-refractivity contribution is 6.37. The van der Waals surface area contributed by atoms with E-state index in [-0.39, 0.29) is 40.9 Å². The first-order valence-electron chi connectivity index (χ1n) is 13.2. The van der Waals surface area contributed by atoms with E-state index in [1.54, 1.807) is 6.20 Å². The van der Waals surface area contributed by atoms with Gasteiger partial charge in [0.15, 0.2) is 23.1 Å². The Balaban J connectivity index is 1.90. The highest BCUT2D eigenvalue weighted by Crippen LogP contribution is 2.42. The molecule has 1 aromatic carbocycles. The lowest BCUT2D eigenvalue weighted by Gasteiger charge is -2.37. The quantitative estimate of drug-likeness (QED) is 0.209. The molecule has 1 fully saturated rings. The van der Waals surface area contributed by atoms with E-state index in [2.05, 4.69) is 20.6 Å². The van der Waals surface area contributed by atoms with Crippen molar-refractivity contribution < 1.29 is 13.2 Å². The monoisotopic (exact) mass is 607 g/mol. The second-order valence-corrected chi connectivity index (χ2v) is 11.7. The van der Waals surface area contributed by atoms with Crippen LogP contribution in [0.1, 0.15) is 34.6 Å². The lowest BCUT2D eigenvalue weighted by molar-refractivity contribution is 0.405. The Labute approximate surface area is 245 Å². The fourth-order valence-electron chi connectivity index (χ4n) is 5.63. The van der Waals surface area contributed by atoms with Crippen LogP contribution in [0, 0.1) is 23.4 Å². The summed E-state index contributed by atoms with van der Waals surface area (Å²) in [5.74, 6) is -3.27. The van der Waals surface area contributed by atoms with Gasteiger partial charge in [-0.05, 0) is 50.6 Å². The molecule has 3 atom stereocenters. The molecule has 218 valence electrons. The van der Waals surface area contributed by atoms with E-state index >= 15 is 8.78 Å². The number of halogens is 5. The molecule has 13 heteroatoms. The van der Waals surface area contributed by atoms with Gasteiger partial charge in [0.25, 0.3) is 0 Å². The second-order valence-electron chi connectivity index (χ2n) is 11.0. The van der Waals surface area contributed by atoms with Gasteiger partial charge in [-0.25, -0.2) is 27.5 Å². The molecular formula is C28H30Cl2F3N7O. The number of pyridine rings is 1. The smallest absolute Gasteiger partial charge is 0.355 e. The molecular weight excluding hydrogens is 578 g/mol. The van der Waals surface area contributed by atoms with E-state index in [0.29, 0.717) is 18.8 Å². The van der Waals surface area contributed by atoms with Crippen molar-refractivity contribution in [2.75, 3.05) is 23.7 Å². The zero-order valence-corrected chi connectivity index (χ0v) is 24.6. The van der Waals surface area contributed by atoms with Gasteiger partial charge < -0.3 is 21.3 Å². The SMILES string of the molecule is CC1=C(n2c(=O)nc(N3C[C@@H](C)N[C@@H](C)C3)c3cc(F)c(-c4c(N)c(Cl)c(F)c(Cl)c4F)nc32)[C@@H](C(C)C)NC=C1. The first-order chi connectivity index (χ1) is 19.3. The van der Waals surface area contributed by atoms with Crippen LogP contribution in [0.25, 0.3) is 28.0 Å². The molecule has 0 saturated carbocycles. The molecule has 2 aromatic heterocycles. The van der Waals surface area contributed by atoms with Crippen molar-refractivity contribution in [2.24, 2.45) is 5.92 Å². The number of dihydropyridines is 1. The van der Waals surface area contributed by atoms with Crippen LogP contribution in [0.5, 0.6) is 0 Å². The van der Waals surface area contributed by atoms with Gasteiger partial charge in [0.1, 0.15) is 21.6 Å². The Hall–Kier alpha value is -3.28. The zero-order chi connectivity index (χ0) is 29.9. The maximum atomic E-state index is 15.9. The highest BCUT2D eigenvalue weighted by atomic mass is 35.5. The van der Waals surface area contributed by atoms with Crippen LogP contribution in [0.2, 0.25) is 10.0 Å². The molecule has 0 unspecified atom stereocenters. The van der Waals surface area contributed by atoms with E-state index < -0.39 is 50.1 Å². The molecule has 5 rings (SSSR count). The van der Waals surface area contributed by atoms with Gasteiger partial charge in [0, 0.05) is 25.2 Å².